The molecule has 0 unspecified atom stereocenters. The van der Waals surface area contributed by atoms with Crippen LogP contribution in [0.1, 0.15) is 16.2 Å². The minimum Gasteiger partial charge on any atom is -0.454 e. The van der Waals surface area contributed by atoms with Gasteiger partial charge in [0.15, 0.2) is 11.5 Å². The van der Waals surface area contributed by atoms with Crippen LogP contribution in [0.2, 0.25) is 0 Å². The molecule has 1 aromatic carbocycles. The van der Waals surface area contributed by atoms with Crippen LogP contribution in [0.5, 0.6) is 11.5 Å². The Morgan fingerprint density at radius 1 is 1.04 bits per heavy atom. The smallest absolute Gasteiger partial charge is 0.275 e. The third-order valence-corrected chi connectivity index (χ3v) is 3.69. The first-order valence-electron chi connectivity index (χ1n) is 7.95. The van der Waals surface area contributed by atoms with Crippen LogP contribution in [0.15, 0.2) is 55.0 Å². The second kappa shape index (κ2) is 7.06. The van der Waals surface area contributed by atoms with Crippen molar-refractivity contribution in [3.8, 4) is 11.5 Å². The van der Waals surface area contributed by atoms with Crippen LogP contribution in [0.3, 0.4) is 0 Å². The molecule has 2 N–H and O–H groups in total. The van der Waals surface area contributed by atoms with E-state index in [0.29, 0.717) is 29.5 Å². The predicted octanol–water partition coefficient (Wildman–Crippen LogP) is 2.46. The third kappa shape index (κ3) is 3.54. The second-order valence-electron chi connectivity index (χ2n) is 5.48. The first kappa shape index (κ1) is 15.8. The number of aromatic nitrogens is 3. The lowest BCUT2D eigenvalue weighted by Crippen LogP contribution is -2.14. The normalized spacial score (nSPS) is 11.8. The number of amides is 1. The molecule has 0 aliphatic carbocycles. The summed E-state index contributed by atoms with van der Waals surface area (Å²) in [6.07, 6.45) is 4.66. The number of pyridine rings is 1. The van der Waals surface area contributed by atoms with E-state index in [1.165, 1.54) is 12.4 Å². The number of fused-ring (bicyclic) bond motifs is 1. The zero-order valence-electron chi connectivity index (χ0n) is 13.7. The molecule has 0 atom stereocenters. The highest BCUT2D eigenvalue weighted by Crippen LogP contribution is 2.34. The molecule has 8 heteroatoms. The highest BCUT2D eigenvalue weighted by atomic mass is 16.7. The Bertz CT molecular complexity index is 916. The van der Waals surface area contributed by atoms with Crippen molar-refractivity contribution in [2.45, 2.75) is 6.54 Å². The van der Waals surface area contributed by atoms with Crippen molar-refractivity contribution < 1.29 is 14.3 Å². The van der Waals surface area contributed by atoms with Gasteiger partial charge in [0, 0.05) is 18.0 Å². The third-order valence-electron chi connectivity index (χ3n) is 3.69. The van der Waals surface area contributed by atoms with Crippen molar-refractivity contribution in [3.63, 3.8) is 0 Å². The Balaban J connectivity index is 1.37. The number of nitrogens with zero attached hydrogens (tertiary/aromatic N) is 3. The Morgan fingerprint density at radius 2 is 1.96 bits per heavy atom. The van der Waals surface area contributed by atoms with Gasteiger partial charge in [0.25, 0.3) is 5.91 Å². The molecule has 0 bridgehead atoms. The minimum atomic E-state index is -0.354. The average molecular weight is 349 g/mol. The lowest BCUT2D eigenvalue weighted by Gasteiger charge is -2.07. The molecule has 0 fully saturated rings. The molecule has 8 nitrogen and oxygen atoms in total. The summed E-state index contributed by atoms with van der Waals surface area (Å²) in [5.41, 5.74) is 1.70. The Labute approximate surface area is 149 Å². The summed E-state index contributed by atoms with van der Waals surface area (Å²) in [5, 5.41) is 5.86. The fourth-order valence-electron chi connectivity index (χ4n) is 2.39. The molecule has 0 saturated carbocycles. The van der Waals surface area contributed by atoms with E-state index < -0.39 is 0 Å². The van der Waals surface area contributed by atoms with E-state index in [0.717, 1.165) is 5.69 Å². The Kier molecular flexibility index (Phi) is 4.29. The van der Waals surface area contributed by atoms with Crippen LogP contribution in [-0.2, 0) is 6.54 Å². The van der Waals surface area contributed by atoms with Crippen molar-refractivity contribution in [2.75, 3.05) is 17.4 Å². The number of carbonyl (C=O) groups excluding carboxylic acids is 1. The first-order chi connectivity index (χ1) is 12.8. The fourth-order valence-corrected chi connectivity index (χ4v) is 2.39. The quantitative estimate of drug-likeness (QED) is 0.730. The molecule has 26 heavy (non-hydrogen) atoms. The number of rotatable bonds is 5. The zero-order valence-corrected chi connectivity index (χ0v) is 13.7. The largest absolute Gasteiger partial charge is 0.454 e. The van der Waals surface area contributed by atoms with Gasteiger partial charge >= 0.3 is 0 Å². The number of hydrogen-bond donors (Lipinski definition) is 2. The predicted molar refractivity (Wildman–Crippen MR) is 94.1 cm³/mol. The molecule has 1 aliphatic heterocycles. The lowest BCUT2D eigenvalue weighted by atomic mass is 10.2. The van der Waals surface area contributed by atoms with Crippen LogP contribution in [0, 0.1) is 0 Å². The van der Waals surface area contributed by atoms with E-state index in [9.17, 15) is 4.79 Å². The summed E-state index contributed by atoms with van der Waals surface area (Å²) in [7, 11) is 0. The Hall–Kier alpha value is -3.68. The van der Waals surface area contributed by atoms with Gasteiger partial charge in [-0.25, -0.2) is 9.97 Å². The van der Waals surface area contributed by atoms with Gasteiger partial charge in [-0.15, -0.1) is 0 Å². The molecule has 0 radical (unpaired) electrons. The molecule has 0 saturated heterocycles. The molecule has 2 aromatic heterocycles. The van der Waals surface area contributed by atoms with Crippen LogP contribution >= 0.6 is 0 Å². The van der Waals surface area contributed by atoms with E-state index in [1.54, 1.807) is 24.4 Å². The zero-order chi connectivity index (χ0) is 17.8. The molecule has 3 heterocycles. The fraction of sp³-hybridized carbons (Fsp3) is 0.111. The maximum atomic E-state index is 12.3. The van der Waals surface area contributed by atoms with Crippen molar-refractivity contribution in [3.05, 3.63) is 66.4 Å². The van der Waals surface area contributed by atoms with E-state index in [2.05, 4.69) is 25.6 Å². The van der Waals surface area contributed by atoms with Crippen molar-refractivity contribution in [2.24, 2.45) is 0 Å². The van der Waals surface area contributed by atoms with Gasteiger partial charge in [0.2, 0.25) is 6.79 Å². The SMILES string of the molecule is O=C(Nc1ccc2c(c1)OCO2)c1cnc(NCc2ccccn2)cn1. The second-order valence-corrected chi connectivity index (χ2v) is 5.48. The molecular formula is C18H15N5O3. The van der Waals surface area contributed by atoms with E-state index >= 15 is 0 Å². The molecule has 0 spiro atoms. The lowest BCUT2D eigenvalue weighted by molar-refractivity contribution is 0.102. The topological polar surface area (TPSA) is 98.3 Å². The summed E-state index contributed by atoms with van der Waals surface area (Å²) in [6, 6.07) is 10.9. The standard InChI is InChI=1S/C18H15N5O3/c24-18(23-12-4-5-15-16(7-12)26-11-25-15)14-9-22-17(10-20-14)21-8-13-3-1-2-6-19-13/h1-7,9-10H,8,11H2,(H,21,22)(H,23,24). The van der Waals surface area contributed by atoms with Crippen molar-refractivity contribution in [1.29, 1.82) is 0 Å². The van der Waals surface area contributed by atoms with Gasteiger partial charge in [0.05, 0.1) is 24.6 Å². The highest BCUT2D eigenvalue weighted by Gasteiger charge is 2.15. The highest BCUT2D eigenvalue weighted by molar-refractivity contribution is 6.02. The van der Waals surface area contributed by atoms with E-state index in [1.807, 2.05) is 18.2 Å². The summed E-state index contributed by atoms with van der Waals surface area (Å²) < 4.78 is 10.5. The maximum absolute atomic E-state index is 12.3. The van der Waals surface area contributed by atoms with E-state index in [-0.39, 0.29) is 18.4 Å². The first-order valence-corrected chi connectivity index (χ1v) is 7.95. The van der Waals surface area contributed by atoms with Gasteiger partial charge in [-0.3, -0.25) is 9.78 Å². The molecule has 1 aliphatic rings. The number of benzene rings is 1. The average Bonchev–Trinajstić information content (AvgIpc) is 3.15. The molecule has 130 valence electrons. The van der Waals surface area contributed by atoms with Crippen LogP contribution < -0.4 is 20.1 Å². The maximum Gasteiger partial charge on any atom is 0.275 e. The molecular weight excluding hydrogens is 334 g/mol. The molecule has 3 aromatic rings. The minimum absolute atomic E-state index is 0.186. The van der Waals surface area contributed by atoms with Gasteiger partial charge in [0.1, 0.15) is 11.5 Å². The molecule has 4 rings (SSSR count). The molecule has 1 amide bonds. The van der Waals surface area contributed by atoms with Crippen molar-refractivity contribution >= 4 is 17.4 Å². The summed E-state index contributed by atoms with van der Waals surface area (Å²) >= 11 is 0. The number of ether oxygens (including phenoxy) is 2. The monoisotopic (exact) mass is 349 g/mol. The van der Waals surface area contributed by atoms with Crippen molar-refractivity contribution in [1.82, 2.24) is 15.0 Å². The van der Waals surface area contributed by atoms with Crippen LogP contribution in [0.25, 0.3) is 0 Å². The van der Waals surface area contributed by atoms with Gasteiger partial charge in [-0.1, -0.05) is 6.07 Å². The summed E-state index contributed by atoms with van der Waals surface area (Å²) in [5.74, 6) is 1.47. The number of anilines is 2. The summed E-state index contributed by atoms with van der Waals surface area (Å²) in [4.78, 5) is 24.9. The van der Waals surface area contributed by atoms with Crippen LogP contribution in [-0.4, -0.2) is 27.7 Å². The number of hydrogen-bond acceptors (Lipinski definition) is 7. The van der Waals surface area contributed by atoms with E-state index in [4.69, 9.17) is 9.47 Å². The van der Waals surface area contributed by atoms with Gasteiger partial charge in [-0.2, -0.15) is 0 Å². The van der Waals surface area contributed by atoms with Gasteiger partial charge in [-0.05, 0) is 24.3 Å². The summed E-state index contributed by atoms with van der Waals surface area (Å²) in [6.45, 7) is 0.712. The van der Waals surface area contributed by atoms with Gasteiger partial charge < -0.3 is 20.1 Å². The number of carbonyl (C=O) groups is 1. The van der Waals surface area contributed by atoms with Crippen LogP contribution in [0.4, 0.5) is 11.5 Å². The Morgan fingerprint density at radius 3 is 2.77 bits per heavy atom. The number of nitrogens with one attached hydrogen (secondary N) is 2.